The number of aromatic nitrogens is 2. The van der Waals surface area contributed by atoms with E-state index in [1.165, 1.54) is 11.8 Å². The molecule has 0 spiro atoms. The molecular formula is C25H28N4O3S. The first kappa shape index (κ1) is 22.9. The van der Waals surface area contributed by atoms with Crippen molar-refractivity contribution in [2.75, 3.05) is 39.5 Å². The molecule has 7 nitrogen and oxygen atoms in total. The van der Waals surface area contributed by atoms with Gasteiger partial charge in [-0.1, -0.05) is 42.1 Å². The molecule has 0 atom stereocenters. The molecule has 2 aromatic carbocycles. The maximum absolute atomic E-state index is 13.3. The van der Waals surface area contributed by atoms with Gasteiger partial charge < -0.3 is 14.5 Å². The van der Waals surface area contributed by atoms with E-state index in [1.54, 1.807) is 13.3 Å². The van der Waals surface area contributed by atoms with Crippen LogP contribution in [0.15, 0.2) is 66.0 Å². The number of carbonyl (C=O) groups is 2. The number of methoxy groups -OCH3 is 1. The topological polar surface area (TPSA) is 67.7 Å². The van der Waals surface area contributed by atoms with Gasteiger partial charge >= 0.3 is 0 Å². The first-order valence-corrected chi connectivity index (χ1v) is 12.2. The smallest absolute Gasteiger partial charge is 0.272 e. The van der Waals surface area contributed by atoms with Gasteiger partial charge in [0.1, 0.15) is 11.4 Å². The third kappa shape index (κ3) is 5.22. The van der Waals surface area contributed by atoms with Crippen LogP contribution in [-0.2, 0) is 11.2 Å². The number of amides is 2. The van der Waals surface area contributed by atoms with Gasteiger partial charge in [-0.05, 0) is 42.5 Å². The molecule has 1 saturated heterocycles. The molecule has 3 aromatic rings. The Morgan fingerprint density at radius 3 is 2.27 bits per heavy atom. The lowest BCUT2D eigenvalue weighted by molar-refractivity contribution is -0.132. The van der Waals surface area contributed by atoms with Gasteiger partial charge in [-0.25, -0.2) is 4.98 Å². The summed E-state index contributed by atoms with van der Waals surface area (Å²) in [6.07, 6.45) is 4.74. The molecule has 0 saturated carbocycles. The molecule has 0 aliphatic carbocycles. The van der Waals surface area contributed by atoms with Gasteiger partial charge in [-0.15, -0.1) is 0 Å². The fraction of sp³-hybridized carbons (Fsp3) is 0.320. The number of rotatable bonds is 7. The van der Waals surface area contributed by atoms with Crippen molar-refractivity contribution in [2.45, 2.75) is 18.0 Å². The third-order valence-electron chi connectivity index (χ3n) is 5.85. The number of piperazine rings is 1. The van der Waals surface area contributed by atoms with Crippen LogP contribution in [0.5, 0.6) is 5.75 Å². The number of imidazole rings is 1. The molecular weight excluding hydrogens is 436 g/mol. The van der Waals surface area contributed by atoms with Crippen molar-refractivity contribution in [3.05, 3.63) is 72.1 Å². The summed E-state index contributed by atoms with van der Waals surface area (Å²) in [5.74, 6) is 0.873. The van der Waals surface area contributed by atoms with E-state index in [9.17, 15) is 9.59 Å². The Balaban J connectivity index is 1.35. The highest BCUT2D eigenvalue weighted by Crippen LogP contribution is 2.23. The molecule has 1 fully saturated rings. The molecule has 2 amide bonds. The molecule has 0 radical (unpaired) electrons. The maximum atomic E-state index is 13.3. The monoisotopic (exact) mass is 464 g/mol. The van der Waals surface area contributed by atoms with Crippen molar-refractivity contribution in [1.82, 2.24) is 19.4 Å². The molecule has 0 bridgehead atoms. The fourth-order valence-corrected chi connectivity index (χ4v) is 4.52. The highest BCUT2D eigenvalue weighted by atomic mass is 32.2. The number of nitrogens with zero attached hydrogens (tertiary/aromatic N) is 4. The van der Waals surface area contributed by atoms with Crippen LogP contribution in [0.1, 0.15) is 22.5 Å². The van der Waals surface area contributed by atoms with Crippen molar-refractivity contribution < 1.29 is 14.3 Å². The number of aryl methyl sites for hydroxylation is 1. The van der Waals surface area contributed by atoms with Gasteiger partial charge in [0.25, 0.3) is 5.91 Å². The first-order chi connectivity index (χ1) is 16.1. The molecule has 1 aromatic heterocycles. The number of hydrogen-bond acceptors (Lipinski definition) is 5. The minimum atomic E-state index is -0.0583. The largest absolute Gasteiger partial charge is 0.497 e. The summed E-state index contributed by atoms with van der Waals surface area (Å²) < 4.78 is 7.08. The summed E-state index contributed by atoms with van der Waals surface area (Å²) >= 11 is 1.51. The summed E-state index contributed by atoms with van der Waals surface area (Å²) in [5.41, 5.74) is 2.57. The van der Waals surface area contributed by atoms with E-state index >= 15 is 0 Å². The van der Waals surface area contributed by atoms with Gasteiger partial charge in [0, 0.05) is 38.3 Å². The Hall–Kier alpha value is -3.26. The van der Waals surface area contributed by atoms with Gasteiger partial charge in [-0.2, -0.15) is 0 Å². The number of benzene rings is 2. The second-order valence-corrected chi connectivity index (χ2v) is 8.60. The summed E-state index contributed by atoms with van der Waals surface area (Å²) in [6.45, 7) is 2.12. The first-order valence-electron chi connectivity index (χ1n) is 11.0. The minimum absolute atomic E-state index is 0.0583. The minimum Gasteiger partial charge on any atom is -0.497 e. The van der Waals surface area contributed by atoms with Crippen LogP contribution in [0, 0.1) is 0 Å². The highest BCUT2D eigenvalue weighted by molar-refractivity contribution is 7.98. The standard InChI is InChI=1S/C25H28N4O3S/c1-32-21-11-8-19(9-12-21)10-13-23(30)27-14-16-28(17-15-27)24(31)22-18-26-25(33-2)29(22)20-6-4-3-5-7-20/h3-9,11-12,18H,10,13-17H2,1-2H3. The second-order valence-electron chi connectivity index (χ2n) is 7.82. The Bertz CT molecular complexity index is 1090. The molecule has 8 heteroatoms. The number of hydrogen-bond donors (Lipinski definition) is 0. The predicted molar refractivity (Wildman–Crippen MR) is 129 cm³/mol. The van der Waals surface area contributed by atoms with E-state index in [2.05, 4.69) is 4.98 Å². The fourth-order valence-electron chi connectivity index (χ4n) is 3.98. The zero-order valence-corrected chi connectivity index (χ0v) is 19.8. The highest BCUT2D eigenvalue weighted by Gasteiger charge is 2.27. The van der Waals surface area contributed by atoms with Crippen molar-refractivity contribution in [1.29, 1.82) is 0 Å². The number of ether oxygens (including phenoxy) is 1. The van der Waals surface area contributed by atoms with Gasteiger partial charge in [0.2, 0.25) is 5.91 Å². The molecule has 4 rings (SSSR count). The zero-order chi connectivity index (χ0) is 23.2. The second kappa shape index (κ2) is 10.6. The van der Waals surface area contributed by atoms with E-state index in [-0.39, 0.29) is 11.8 Å². The van der Waals surface area contributed by atoms with Crippen LogP contribution in [0.4, 0.5) is 0 Å². The Morgan fingerprint density at radius 1 is 0.970 bits per heavy atom. The Kier molecular flexibility index (Phi) is 7.34. The Labute approximate surface area is 198 Å². The molecule has 0 N–H and O–H groups in total. The summed E-state index contributed by atoms with van der Waals surface area (Å²) in [6, 6.07) is 17.6. The molecule has 172 valence electrons. The van der Waals surface area contributed by atoms with Crippen LogP contribution < -0.4 is 4.74 Å². The number of carbonyl (C=O) groups excluding carboxylic acids is 2. The zero-order valence-electron chi connectivity index (χ0n) is 18.9. The summed E-state index contributed by atoms with van der Waals surface area (Å²) in [7, 11) is 1.64. The van der Waals surface area contributed by atoms with Crippen LogP contribution in [-0.4, -0.2) is 70.7 Å². The third-order valence-corrected chi connectivity index (χ3v) is 6.50. The molecule has 1 aliphatic rings. The van der Waals surface area contributed by atoms with E-state index in [0.717, 1.165) is 22.2 Å². The Morgan fingerprint density at radius 2 is 1.64 bits per heavy atom. The molecule has 33 heavy (non-hydrogen) atoms. The maximum Gasteiger partial charge on any atom is 0.272 e. The lowest BCUT2D eigenvalue weighted by Gasteiger charge is -2.35. The molecule has 1 aliphatic heterocycles. The lowest BCUT2D eigenvalue weighted by Crippen LogP contribution is -2.50. The average molecular weight is 465 g/mol. The van der Waals surface area contributed by atoms with E-state index < -0.39 is 0 Å². The van der Waals surface area contributed by atoms with E-state index in [0.29, 0.717) is 44.7 Å². The molecule has 2 heterocycles. The van der Waals surface area contributed by atoms with E-state index in [1.807, 2.05) is 75.2 Å². The van der Waals surface area contributed by atoms with Crippen LogP contribution in [0.2, 0.25) is 0 Å². The van der Waals surface area contributed by atoms with Crippen molar-refractivity contribution >= 4 is 23.6 Å². The lowest BCUT2D eigenvalue weighted by atomic mass is 10.1. The van der Waals surface area contributed by atoms with Crippen molar-refractivity contribution in [3.63, 3.8) is 0 Å². The molecule has 0 unspecified atom stereocenters. The quantitative estimate of drug-likeness (QED) is 0.501. The average Bonchev–Trinajstić information content (AvgIpc) is 3.32. The van der Waals surface area contributed by atoms with E-state index in [4.69, 9.17) is 4.74 Å². The number of thioether (sulfide) groups is 1. The normalized spacial score (nSPS) is 13.8. The number of para-hydroxylation sites is 1. The summed E-state index contributed by atoms with van der Waals surface area (Å²) in [5, 5.41) is 0.775. The van der Waals surface area contributed by atoms with Crippen molar-refractivity contribution in [3.8, 4) is 11.4 Å². The van der Waals surface area contributed by atoms with Gasteiger partial charge in [-0.3, -0.25) is 14.2 Å². The van der Waals surface area contributed by atoms with Crippen molar-refractivity contribution in [2.24, 2.45) is 0 Å². The van der Waals surface area contributed by atoms with Gasteiger partial charge in [0.05, 0.1) is 13.3 Å². The van der Waals surface area contributed by atoms with Crippen LogP contribution >= 0.6 is 11.8 Å². The predicted octanol–water partition coefficient (Wildman–Crippen LogP) is 3.52. The van der Waals surface area contributed by atoms with Crippen LogP contribution in [0.25, 0.3) is 5.69 Å². The van der Waals surface area contributed by atoms with Crippen LogP contribution in [0.3, 0.4) is 0 Å². The SMILES string of the molecule is COc1ccc(CCC(=O)N2CCN(C(=O)c3cnc(SC)n3-c3ccccc3)CC2)cc1. The summed E-state index contributed by atoms with van der Waals surface area (Å²) in [4.78, 5) is 34.1. The van der Waals surface area contributed by atoms with Gasteiger partial charge in [0.15, 0.2) is 5.16 Å².